The van der Waals surface area contributed by atoms with Gasteiger partial charge in [-0.25, -0.2) is 4.39 Å². The molecule has 1 heterocycles. The van der Waals surface area contributed by atoms with E-state index in [1.54, 1.807) is 48.6 Å². The van der Waals surface area contributed by atoms with Gasteiger partial charge in [0.25, 0.3) is 0 Å². The van der Waals surface area contributed by atoms with Crippen molar-refractivity contribution in [1.82, 2.24) is 9.62 Å². The number of nitrogens with one attached hydrogen (secondary N) is 1. The molecule has 0 saturated carbocycles. The lowest BCUT2D eigenvalue weighted by molar-refractivity contribution is -0.141. The number of hydrogen-bond acceptors (Lipinski definition) is 7. The van der Waals surface area contributed by atoms with Gasteiger partial charge in [-0.1, -0.05) is 77.1 Å². The summed E-state index contributed by atoms with van der Waals surface area (Å²) in [6, 6.07) is 28.3. The molecule has 1 fully saturated rings. The molecule has 4 aromatic rings. The van der Waals surface area contributed by atoms with Gasteiger partial charge in [-0.2, -0.15) is 0 Å². The molecule has 0 aliphatic carbocycles. The Hall–Kier alpha value is -4.35. The highest BCUT2D eigenvalue weighted by Gasteiger charge is 2.47. The molecule has 7 nitrogen and oxygen atoms in total. The molecular formula is C34H29FN2O5S2. The molecule has 0 radical (unpaired) electrons. The van der Waals surface area contributed by atoms with Crippen LogP contribution in [-0.2, 0) is 29.2 Å². The molecule has 2 N–H and O–H groups in total. The second kappa shape index (κ2) is 14.4. The highest BCUT2D eigenvalue weighted by Crippen LogP contribution is 2.30. The van der Waals surface area contributed by atoms with Crippen LogP contribution in [0.2, 0.25) is 0 Å². The number of halogens is 1. The highest BCUT2D eigenvalue weighted by molar-refractivity contribution is 7.94. The van der Waals surface area contributed by atoms with Crippen molar-refractivity contribution in [3.8, 4) is 5.75 Å². The van der Waals surface area contributed by atoms with Gasteiger partial charge in [-0.3, -0.25) is 9.59 Å². The summed E-state index contributed by atoms with van der Waals surface area (Å²) >= 11 is 2.70. The zero-order chi connectivity index (χ0) is 31.1. The van der Waals surface area contributed by atoms with Gasteiger partial charge >= 0.3 is 5.97 Å². The van der Waals surface area contributed by atoms with Crippen LogP contribution in [0.25, 0.3) is 12.2 Å². The Morgan fingerprint density at radius 2 is 1.66 bits per heavy atom. The minimum Gasteiger partial charge on any atom is -0.591 e. The number of allylic oxidation sites excluding steroid dienone is 1. The van der Waals surface area contributed by atoms with E-state index in [1.807, 2.05) is 54.6 Å². The first kappa shape index (κ1) is 31.1. The van der Waals surface area contributed by atoms with E-state index in [1.165, 1.54) is 22.5 Å². The van der Waals surface area contributed by atoms with Gasteiger partial charge in [-0.15, -0.1) is 12.6 Å². The van der Waals surface area contributed by atoms with Crippen LogP contribution in [0.15, 0.2) is 114 Å². The van der Waals surface area contributed by atoms with E-state index >= 15 is 0 Å². The van der Waals surface area contributed by atoms with Gasteiger partial charge < -0.3 is 19.7 Å². The Morgan fingerprint density at radius 3 is 2.34 bits per heavy atom. The van der Waals surface area contributed by atoms with Gasteiger partial charge in [0.1, 0.15) is 29.5 Å². The molecule has 0 spiro atoms. The Labute approximate surface area is 263 Å². The number of hydrogen-bond donors (Lipinski definition) is 3. The molecule has 10 heteroatoms. The SMILES string of the molecule is O=C(/C=C/c1ccc(/C=C2/N[C@H](S)N(C(Cc3ccccc3)C(=O)O)[S+]2[O-])cc1)c1ccc(OCc2cccc(F)c2)cc1. The molecule has 224 valence electrons. The number of benzene rings is 4. The first-order valence-electron chi connectivity index (χ1n) is 13.7. The van der Waals surface area contributed by atoms with Crippen molar-refractivity contribution >= 4 is 47.9 Å². The summed E-state index contributed by atoms with van der Waals surface area (Å²) in [7, 11) is 0. The summed E-state index contributed by atoms with van der Waals surface area (Å²) in [6.07, 6.45) is 5.05. The molecule has 1 aliphatic heterocycles. The quantitative estimate of drug-likeness (QED) is 0.0802. The van der Waals surface area contributed by atoms with Crippen LogP contribution < -0.4 is 10.1 Å². The van der Waals surface area contributed by atoms with Crippen LogP contribution >= 0.6 is 12.6 Å². The third-order valence-corrected chi connectivity index (χ3v) is 8.85. The molecule has 1 saturated heterocycles. The number of carbonyl (C=O) groups is 2. The monoisotopic (exact) mass is 628 g/mol. The van der Waals surface area contributed by atoms with E-state index in [2.05, 4.69) is 17.9 Å². The Morgan fingerprint density at radius 1 is 0.977 bits per heavy atom. The zero-order valence-electron chi connectivity index (χ0n) is 23.4. The lowest BCUT2D eigenvalue weighted by Gasteiger charge is -2.24. The number of carboxylic acids is 1. The van der Waals surface area contributed by atoms with Crippen molar-refractivity contribution in [2.75, 3.05) is 0 Å². The van der Waals surface area contributed by atoms with Crippen molar-refractivity contribution < 1.29 is 28.4 Å². The molecule has 0 amide bonds. The summed E-state index contributed by atoms with van der Waals surface area (Å²) < 4.78 is 33.7. The molecule has 0 aromatic heterocycles. The van der Waals surface area contributed by atoms with E-state index < -0.39 is 28.9 Å². The third kappa shape index (κ3) is 7.97. The number of ketones is 1. The fraction of sp³-hybridized carbons (Fsp3) is 0.118. The summed E-state index contributed by atoms with van der Waals surface area (Å²) in [6.45, 7) is 0.216. The maximum Gasteiger partial charge on any atom is 0.326 e. The van der Waals surface area contributed by atoms with E-state index in [0.717, 1.165) is 16.7 Å². The van der Waals surface area contributed by atoms with Crippen LogP contribution in [0.5, 0.6) is 5.75 Å². The van der Waals surface area contributed by atoms with Crippen LogP contribution in [0, 0.1) is 5.82 Å². The van der Waals surface area contributed by atoms with Gasteiger partial charge in [0.05, 0.1) is 0 Å². The number of carboxylic acid groups (broad SMARTS) is 1. The van der Waals surface area contributed by atoms with Crippen molar-refractivity contribution in [1.29, 1.82) is 0 Å². The van der Waals surface area contributed by atoms with Crippen LogP contribution in [0.3, 0.4) is 0 Å². The Kier molecular flexibility index (Phi) is 10.2. The van der Waals surface area contributed by atoms with Crippen molar-refractivity contribution in [3.05, 3.63) is 148 Å². The average Bonchev–Trinajstić information content (AvgIpc) is 3.30. The molecule has 0 bridgehead atoms. The van der Waals surface area contributed by atoms with Crippen LogP contribution in [-0.4, -0.2) is 37.3 Å². The maximum absolute atomic E-state index is 13.3. The lowest BCUT2D eigenvalue weighted by atomic mass is 10.1. The average molecular weight is 629 g/mol. The van der Waals surface area contributed by atoms with E-state index in [9.17, 15) is 23.6 Å². The second-order valence-corrected chi connectivity index (χ2v) is 11.8. The Bertz CT molecular complexity index is 1660. The number of carbonyl (C=O) groups excluding carboxylic acids is 1. The highest BCUT2D eigenvalue weighted by atomic mass is 32.2. The number of thiol groups is 1. The first-order chi connectivity index (χ1) is 21.3. The molecular weight excluding hydrogens is 600 g/mol. The topological polar surface area (TPSA) is 102 Å². The van der Waals surface area contributed by atoms with Gasteiger partial charge in [0.15, 0.2) is 17.3 Å². The molecule has 4 aromatic carbocycles. The zero-order valence-corrected chi connectivity index (χ0v) is 25.1. The fourth-order valence-electron chi connectivity index (χ4n) is 4.58. The summed E-state index contributed by atoms with van der Waals surface area (Å²) in [5.41, 5.74) is 2.82. The number of aliphatic carboxylic acids is 1. The van der Waals surface area contributed by atoms with Crippen LogP contribution in [0.4, 0.5) is 4.39 Å². The largest absolute Gasteiger partial charge is 0.591 e. The number of nitrogens with zero attached hydrogens (tertiary/aromatic N) is 1. The second-order valence-electron chi connectivity index (χ2n) is 9.99. The maximum atomic E-state index is 13.3. The third-order valence-electron chi connectivity index (χ3n) is 6.85. The molecule has 44 heavy (non-hydrogen) atoms. The minimum atomic E-state index is -1.76. The van der Waals surface area contributed by atoms with Gasteiger partial charge in [0.2, 0.25) is 5.03 Å². The summed E-state index contributed by atoms with van der Waals surface area (Å²) in [5.74, 6) is -1.02. The number of rotatable bonds is 11. The summed E-state index contributed by atoms with van der Waals surface area (Å²) in [5, 5.41) is 13.3. The van der Waals surface area contributed by atoms with E-state index in [4.69, 9.17) is 4.74 Å². The fourth-order valence-corrected chi connectivity index (χ4v) is 6.53. The first-order valence-corrected chi connectivity index (χ1v) is 15.3. The van der Waals surface area contributed by atoms with Crippen molar-refractivity contribution in [2.24, 2.45) is 0 Å². The van der Waals surface area contributed by atoms with Gasteiger partial charge in [0, 0.05) is 18.1 Å². The predicted octanol–water partition coefficient (Wildman–Crippen LogP) is 6.08. The normalized spacial score (nSPS) is 18.3. The Balaban J connectivity index is 1.18. The predicted molar refractivity (Wildman–Crippen MR) is 172 cm³/mol. The molecule has 1 aliphatic rings. The van der Waals surface area contributed by atoms with Crippen molar-refractivity contribution in [2.45, 2.75) is 24.6 Å². The molecule has 3 atom stereocenters. The smallest absolute Gasteiger partial charge is 0.326 e. The minimum absolute atomic E-state index is 0.179. The van der Waals surface area contributed by atoms with E-state index in [0.29, 0.717) is 21.9 Å². The van der Waals surface area contributed by atoms with Crippen LogP contribution in [0.1, 0.15) is 32.6 Å². The van der Waals surface area contributed by atoms with E-state index in [-0.39, 0.29) is 24.6 Å². The lowest BCUT2D eigenvalue weighted by Crippen LogP contribution is -2.47. The van der Waals surface area contributed by atoms with Gasteiger partial charge in [-0.05, 0) is 64.7 Å². The molecule has 5 rings (SSSR count). The number of ether oxygens (including phenoxy) is 1. The van der Waals surface area contributed by atoms with Crippen molar-refractivity contribution in [3.63, 3.8) is 0 Å². The molecule has 2 unspecified atom stereocenters. The standard InChI is InChI=1S/C34H29FN2O5S2/c35-28-8-4-7-26(19-28)22-42-29-16-14-27(15-17-29)31(38)18-13-23-9-11-25(12-10-23)21-32-36-34(43)37(44(32)41)30(33(39)40)20-24-5-2-1-3-6-24/h1-19,21,30,34,36,43H,20,22H2,(H,39,40)/b18-13+,32-21-/t30?,34-,44?/m0/s1. The summed E-state index contributed by atoms with van der Waals surface area (Å²) in [4.78, 5) is 24.8.